The fourth-order valence-corrected chi connectivity index (χ4v) is 2.77. The van der Waals surface area contributed by atoms with Gasteiger partial charge < -0.3 is 4.90 Å². The number of fused-ring (bicyclic) bond motifs is 1. The van der Waals surface area contributed by atoms with E-state index in [2.05, 4.69) is 10.1 Å². The first-order valence-corrected chi connectivity index (χ1v) is 7.61. The summed E-state index contributed by atoms with van der Waals surface area (Å²) in [4.78, 5) is 6.13. The number of halogens is 3. The average molecular weight is 342 g/mol. The lowest BCUT2D eigenvalue weighted by Gasteiger charge is -2.23. The number of anilines is 1. The van der Waals surface area contributed by atoms with Crippen molar-refractivity contribution in [1.29, 1.82) is 0 Å². The largest absolute Gasteiger partial charge is 0.416 e. The fraction of sp³-hybridized carbons (Fsp3) is 0.111. The van der Waals surface area contributed by atoms with Crippen molar-refractivity contribution in [3.05, 3.63) is 72.2 Å². The molecule has 0 fully saturated rings. The zero-order chi connectivity index (χ0) is 17.4. The molecule has 0 atom stereocenters. The Morgan fingerprint density at radius 3 is 2.52 bits per heavy atom. The number of nitrogens with zero attached hydrogens (tertiary/aromatic N) is 4. The number of alkyl halides is 3. The van der Waals surface area contributed by atoms with Gasteiger partial charge in [0, 0.05) is 23.7 Å². The van der Waals surface area contributed by atoms with Crippen molar-refractivity contribution in [2.45, 2.75) is 6.18 Å². The van der Waals surface area contributed by atoms with Gasteiger partial charge in [-0.05, 0) is 42.5 Å². The van der Waals surface area contributed by atoms with Crippen LogP contribution in [0, 0.1) is 0 Å². The zero-order valence-corrected chi connectivity index (χ0v) is 13.0. The Hall–Kier alpha value is -3.09. The van der Waals surface area contributed by atoms with Crippen molar-refractivity contribution in [3.63, 3.8) is 0 Å². The molecule has 126 valence electrons. The monoisotopic (exact) mass is 342 g/mol. The van der Waals surface area contributed by atoms with E-state index < -0.39 is 11.7 Å². The van der Waals surface area contributed by atoms with E-state index in [0.717, 1.165) is 28.9 Å². The smallest absolute Gasteiger partial charge is 0.327 e. The van der Waals surface area contributed by atoms with Crippen LogP contribution in [0.25, 0.3) is 11.1 Å². The van der Waals surface area contributed by atoms with Crippen LogP contribution in [0.4, 0.5) is 18.9 Å². The van der Waals surface area contributed by atoms with Crippen molar-refractivity contribution < 1.29 is 13.2 Å². The van der Waals surface area contributed by atoms with Crippen molar-refractivity contribution in [2.75, 3.05) is 11.6 Å². The Bertz CT molecular complexity index is 968. The molecule has 0 N–H and O–H groups in total. The Morgan fingerprint density at radius 2 is 1.76 bits per heavy atom. The molecule has 0 amide bonds. The normalized spacial score (nSPS) is 14.8. The van der Waals surface area contributed by atoms with Crippen LogP contribution in [0.5, 0.6) is 0 Å². The third kappa shape index (κ3) is 2.88. The standard InChI is InChI=1S/C18H13F3N4/c19-18(20,21)14-4-6-15(7-5-14)24-11-13(10-22-12-24)17-3-1-2-16-8-9-23-25(16)17/h1-11H,12H2. The summed E-state index contributed by atoms with van der Waals surface area (Å²) in [6.45, 7) is 0.351. The van der Waals surface area contributed by atoms with Crippen LogP contribution in [-0.4, -0.2) is 22.5 Å². The minimum atomic E-state index is -4.34. The van der Waals surface area contributed by atoms with Gasteiger partial charge in [-0.2, -0.15) is 18.3 Å². The predicted molar refractivity (Wildman–Crippen MR) is 90.5 cm³/mol. The molecular weight excluding hydrogens is 329 g/mol. The van der Waals surface area contributed by atoms with Gasteiger partial charge in [-0.25, -0.2) is 4.52 Å². The molecule has 3 aromatic rings. The predicted octanol–water partition coefficient (Wildman–Crippen LogP) is 4.24. The number of allylic oxidation sites excluding steroid dienone is 1. The zero-order valence-electron chi connectivity index (χ0n) is 13.0. The lowest BCUT2D eigenvalue weighted by atomic mass is 10.1. The quantitative estimate of drug-likeness (QED) is 0.698. The topological polar surface area (TPSA) is 32.9 Å². The first-order chi connectivity index (χ1) is 12.0. The highest BCUT2D eigenvalue weighted by Crippen LogP contribution is 2.31. The highest BCUT2D eigenvalue weighted by atomic mass is 19.4. The molecule has 7 heteroatoms. The Kier molecular flexibility index (Phi) is 3.56. The van der Waals surface area contributed by atoms with Crippen LogP contribution in [0.15, 0.2) is 65.9 Å². The lowest BCUT2D eigenvalue weighted by Crippen LogP contribution is -2.21. The Labute approximate surface area is 141 Å². The van der Waals surface area contributed by atoms with Crippen molar-refractivity contribution in [3.8, 4) is 0 Å². The van der Waals surface area contributed by atoms with E-state index in [1.165, 1.54) is 12.1 Å². The van der Waals surface area contributed by atoms with Gasteiger partial charge >= 0.3 is 6.18 Å². The maximum absolute atomic E-state index is 12.7. The molecule has 1 aromatic carbocycles. The number of hydrogen-bond donors (Lipinski definition) is 0. The summed E-state index contributed by atoms with van der Waals surface area (Å²) < 4.78 is 39.9. The van der Waals surface area contributed by atoms with Gasteiger partial charge in [-0.1, -0.05) is 6.07 Å². The van der Waals surface area contributed by atoms with Crippen molar-refractivity contribution in [2.24, 2.45) is 4.99 Å². The second-order valence-corrected chi connectivity index (χ2v) is 5.63. The summed E-state index contributed by atoms with van der Waals surface area (Å²) in [5.74, 6) is 0. The minimum Gasteiger partial charge on any atom is -0.327 e. The summed E-state index contributed by atoms with van der Waals surface area (Å²) >= 11 is 0. The van der Waals surface area contributed by atoms with Gasteiger partial charge in [0.15, 0.2) is 0 Å². The Morgan fingerprint density at radius 1 is 0.960 bits per heavy atom. The number of rotatable bonds is 2. The van der Waals surface area contributed by atoms with Crippen molar-refractivity contribution >= 4 is 23.0 Å². The van der Waals surface area contributed by atoms with E-state index in [-0.39, 0.29) is 0 Å². The maximum Gasteiger partial charge on any atom is 0.416 e. The second kappa shape index (κ2) is 5.77. The van der Waals surface area contributed by atoms with Gasteiger partial charge in [0.05, 0.1) is 23.0 Å². The molecule has 0 bridgehead atoms. The molecule has 1 aliphatic heterocycles. The summed E-state index contributed by atoms with van der Waals surface area (Å²) in [6.07, 6.45) is 0.991. The van der Waals surface area contributed by atoms with Gasteiger partial charge in [0.2, 0.25) is 0 Å². The summed E-state index contributed by atoms with van der Waals surface area (Å²) in [5.41, 5.74) is 2.64. The molecule has 0 aliphatic carbocycles. The Balaban J connectivity index is 1.69. The van der Waals surface area contributed by atoms with Gasteiger partial charge in [-0.15, -0.1) is 0 Å². The number of benzene rings is 1. The van der Waals surface area contributed by atoms with Gasteiger partial charge in [0.25, 0.3) is 0 Å². The van der Waals surface area contributed by atoms with E-state index in [9.17, 15) is 13.2 Å². The molecule has 1 aliphatic rings. The van der Waals surface area contributed by atoms with E-state index in [0.29, 0.717) is 12.4 Å². The van der Waals surface area contributed by atoms with E-state index in [1.807, 2.05) is 30.5 Å². The van der Waals surface area contributed by atoms with Gasteiger partial charge in [-0.3, -0.25) is 4.99 Å². The molecule has 0 radical (unpaired) electrons. The number of pyridine rings is 1. The molecule has 0 spiro atoms. The average Bonchev–Trinajstić information content (AvgIpc) is 3.10. The number of hydrogen-bond acceptors (Lipinski definition) is 3. The molecule has 25 heavy (non-hydrogen) atoms. The maximum atomic E-state index is 12.7. The molecule has 2 aromatic heterocycles. The molecule has 0 saturated heterocycles. The highest BCUT2D eigenvalue weighted by molar-refractivity contribution is 6.10. The SMILES string of the molecule is FC(F)(F)c1ccc(N2C=C(c3cccc4ccnn34)C=NC2)cc1. The molecule has 3 heterocycles. The second-order valence-electron chi connectivity index (χ2n) is 5.63. The molecule has 4 nitrogen and oxygen atoms in total. The fourth-order valence-electron chi connectivity index (χ4n) is 2.77. The molecular formula is C18H13F3N4. The summed E-state index contributed by atoms with van der Waals surface area (Å²) in [6, 6.07) is 12.8. The molecule has 0 unspecified atom stereocenters. The van der Waals surface area contributed by atoms with Crippen LogP contribution < -0.4 is 4.90 Å². The number of aromatic nitrogens is 2. The van der Waals surface area contributed by atoms with Gasteiger partial charge in [0.1, 0.15) is 6.67 Å². The molecule has 4 rings (SSSR count). The van der Waals surface area contributed by atoms with Crippen LogP contribution in [0.1, 0.15) is 11.3 Å². The van der Waals surface area contributed by atoms with Crippen LogP contribution >= 0.6 is 0 Å². The molecule has 0 saturated carbocycles. The van der Waals surface area contributed by atoms with Crippen molar-refractivity contribution in [1.82, 2.24) is 9.61 Å². The highest BCUT2D eigenvalue weighted by Gasteiger charge is 2.30. The first kappa shape index (κ1) is 15.4. The summed E-state index contributed by atoms with van der Waals surface area (Å²) in [5, 5.41) is 4.30. The third-order valence-corrected chi connectivity index (χ3v) is 4.00. The minimum absolute atomic E-state index is 0.351. The van der Waals surface area contributed by atoms with Crippen LogP contribution in [-0.2, 0) is 6.18 Å². The lowest BCUT2D eigenvalue weighted by molar-refractivity contribution is -0.137. The van der Waals surface area contributed by atoms with E-state index >= 15 is 0 Å². The van der Waals surface area contributed by atoms with E-state index in [4.69, 9.17) is 0 Å². The number of aliphatic imine (C=N–C) groups is 1. The summed E-state index contributed by atoms with van der Waals surface area (Å²) in [7, 11) is 0. The van der Waals surface area contributed by atoms with Crippen LogP contribution in [0.3, 0.4) is 0 Å². The van der Waals surface area contributed by atoms with E-state index in [1.54, 1.807) is 21.8 Å². The first-order valence-electron chi connectivity index (χ1n) is 7.61. The third-order valence-electron chi connectivity index (χ3n) is 4.00. The van der Waals surface area contributed by atoms with Crippen LogP contribution in [0.2, 0.25) is 0 Å².